The molecular weight excluding hydrogens is 240 g/mol. The van der Waals surface area contributed by atoms with Crippen LogP contribution in [0, 0.1) is 0 Å². The second kappa shape index (κ2) is 4.37. The number of anilines is 1. The smallest absolute Gasteiger partial charge is 0.321 e. The van der Waals surface area contributed by atoms with Crippen LogP contribution in [0.5, 0.6) is 0 Å². The molecule has 5 heteroatoms. The Kier molecular flexibility index (Phi) is 3.07. The Morgan fingerprint density at radius 1 is 1.53 bits per heavy atom. The number of urea groups is 1. The summed E-state index contributed by atoms with van der Waals surface area (Å²) in [5.74, 6) is -0.103. The van der Waals surface area contributed by atoms with Gasteiger partial charge in [0.15, 0.2) is 5.78 Å². The number of carbonyl (C=O) groups excluding carboxylic acids is 2. The summed E-state index contributed by atoms with van der Waals surface area (Å²) in [4.78, 5) is 24.7. The van der Waals surface area contributed by atoms with E-state index in [2.05, 4.69) is 5.32 Å². The van der Waals surface area contributed by atoms with Crippen molar-refractivity contribution in [3.63, 3.8) is 0 Å². The summed E-state index contributed by atoms with van der Waals surface area (Å²) >= 11 is 5.77. The van der Waals surface area contributed by atoms with Crippen molar-refractivity contribution in [3.05, 3.63) is 29.3 Å². The van der Waals surface area contributed by atoms with Crippen molar-refractivity contribution < 1.29 is 9.59 Å². The maximum absolute atomic E-state index is 11.7. The van der Waals surface area contributed by atoms with E-state index in [1.807, 2.05) is 0 Å². The number of nitrogens with zero attached hydrogens (tertiary/aromatic N) is 1. The van der Waals surface area contributed by atoms with Crippen LogP contribution in [0.3, 0.4) is 0 Å². The molecule has 1 N–H and O–H groups in total. The van der Waals surface area contributed by atoms with Crippen LogP contribution in [0.25, 0.3) is 0 Å². The average Bonchev–Trinajstić information content (AvgIpc) is 2.29. The lowest BCUT2D eigenvalue weighted by Gasteiger charge is -2.26. The monoisotopic (exact) mass is 252 g/mol. The van der Waals surface area contributed by atoms with Gasteiger partial charge in [0, 0.05) is 24.8 Å². The second-order valence-electron chi connectivity index (χ2n) is 4.14. The highest BCUT2D eigenvalue weighted by atomic mass is 35.5. The fourth-order valence-electron chi connectivity index (χ4n) is 1.77. The predicted octanol–water partition coefficient (Wildman–Crippen LogP) is 2.47. The first-order chi connectivity index (χ1) is 7.99. The van der Waals surface area contributed by atoms with E-state index in [0.29, 0.717) is 12.1 Å². The van der Waals surface area contributed by atoms with Crippen LogP contribution in [-0.2, 0) is 6.54 Å². The fraction of sp³-hybridized carbons (Fsp3) is 0.333. The normalized spacial score (nSPS) is 16.2. The quantitative estimate of drug-likeness (QED) is 0.649. The molecule has 1 aliphatic heterocycles. The Bertz CT molecular complexity index is 485. The molecule has 2 rings (SSSR count). The van der Waals surface area contributed by atoms with Gasteiger partial charge in [0.25, 0.3) is 0 Å². The van der Waals surface area contributed by atoms with Crippen LogP contribution in [0.4, 0.5) is 10.5 Å². The van der Waals surface area contributed by atoms with Gasteiger partial charge in [0.2, 0.25) is 0 Å². The van der Waals surface area contributed by atoms with Gasteiger partial charge in [-0.15, -0.1) is 11.6 Å². The first kappa shape index (κ1) is 11.9. The predicted molar refractivity (Wildman–Crippen MR) is 66.6 cm³/mol. The SMILES string of the molecule is CC(Cl)C(=O)c1ccc2c(c1)CN(C)C(=O)N2. The van der Waals surface area contributed by atoms with Crippen molar-refractivity contribution in [3.8, 4) is 0 Å². The third kappa shape index (κ3) is 2.26. The van der Waals surface area contributed by atoms with E-state index in [1.165, 1.54) is 0 Å². The summed E-state index contributed by atoms with van der Waals surface area (Å²) in [6, 6.07) is 5.08. The molecule has 1 unspecified atom stereocenters. The number of fused-ring (bicyclic) bond motifs is 1. The molecular formula is C12H13ClN2O2. The zero-order valence-corrected chi connectivity index (χ0v) is 10.4. The zero-order chi connectivity index (χ0) is 12.6. The number of hydrogen-bond donors (Lipinski definition) is 1. The van der Waals surface area contributed by atoms with Gasteiger partial charge >= 0.3 is 6.03 Å². The first-order valence-electron chi connectivity index (χ1n) is 5.32. The Balaban J connectivity index is 2.35. The molecule has 0 saturated heterocycles. The largest absolute Gasteiger partial charge is 0.323 e. The molecule has 2 amide bonds. The number of carbonyl (C=O) groups is 2. The van der Waals surface area contributed by atoms with Crippen LogP contribution in [-0.4, -0.2) is 29.1 Å². The summed E-state index contributed by atoms with van der Waals surface area (Å²) in [6.07, 6.45) is 0. The summed E-state index contributed by atoms with van der Waals surface area (Å²) < 4.78 is 0. The Morgan fingerprint density at radius 2 is 2.24 bits per heavy atom. The minimum atomic E-state index is -0.538. The number of benzene rings is 1. The van der Waals surface area contributed by atoms with Gasteiger partial charge in [-0.3, -0.25) is 4.79 Å². The second-order valence-corrected chi connectivity index (χ2v) is 4.79. The molecule has 1 atom stereocenters. The van der Waals surface area contributed by atoms with E-state index in [0.717, 1.165) is 11.3 Å². The summed E-state index contributed by atoms with van der Waals surface area (Å²) in [5, 5.41) is 2.21. The first-order valence-corrected chi connectivity index (χ1v) is 5.76. The molecule has 1 aromatic carbocycles. The molecule has 0 spiro atoms. The lowest BCUT2D eigenvalue weighted by molar-refractivity contribution is 0.0991. The van der Waals surface area contributed by atoms with Crippen molar-refractivity contribution in [2.24, 2.45) is 0 Å². The topological polar surface area (TPSA) is 49.4 Å². The standard InChI is InChI=1S/C12H13ClN2O2/c1-7(13)11(16)8-3-4-10-9(5-8)6-15(2)12(17)14-10/h3-5,7H,6H2,1-2H3,(H,14,17). The van der Waals surface area contributed by atoms with Crippen molar-refractivity contribution in [1.82, 2.24) is 4.90 Å². The number of ketones is 1. The molecule has 0 saturated carbocycles. The Labute approximate surface area is 105 Å². The van der Waals surface area contributed by atoms with Crippen LogP contribution in [0.15, 0.2) is 18.2 Å². The lowest BCUT2D eigenvalue weighted by Crippen LogP contribution is -2.35. The molecule has 0 bridgehead atoms. The van der Waals surface area contributed by atoms with Gasteiger partial charge < -0.3 is 10.2 Å². The summed E-state index contributed by atoms with van der Waals surface area (Å²) in [6.45, 7) is 2.15. The number of Topliss-reactive ketones (excluding diaryl/α,β-unsaturated/α-hetero) is 1. The molecule has 90 valence electrons. The van der Waals surface area contributed by atoms with Crippen LogP contribution in [0.1, 0.15) is 22.8 Å². The minimum absolute atomic E-state index is 0.103. The molecule has 4 nitrogen and oxygen atoms in total. The third-order valence-corrected chi connectivity index (χ3v) is 2.95. The minimum Gasteiger partial charge on any atom is -0.323 e. The Hall–Kier alpha value is -1.55. The molecule has 0 fully saturated rings. The van der Waals surface area contributed by atoms with Crippen LogP contribution >= 0.6 is 11.6 Å². The lowest BCUT2D eigenvalue weighted by atomic mass is 10.0. The summed E-state index contributed by atoms with van der Waals surface area (Å²) in [7, 11) is 1.71. The number of hydrogen-bond acceptors (Lipinski definition) is 2. The van der Waals surface area contributed by atoms with E-state index in [1.54, 1.807) is 37.1 Å². The molecule has 1 aromatic rings. The third-order valence-electron chi connectivity index (χ3n) is 2.75. The van der Waals surface area contributed by atoms with E-state index in [4.69, 9.17) is 11.6 Å². The highest BCUT2D eigenvalue weighted by Gasteiger charge is 2.21. The number of amides is 2. The van der Waals surface area contributed by atoms with Crippen LogP contribution < -0.4 is 5.32 Å². The number of alkyl halides is 1. The number of halogens is 1. The van der Waals surface area contributed by atoms with Crippen molar-refractivity contribution in [1.29, 1.82) is 0 Å². The van der Waals surface area contributed by atoms with Gasteiger partial charge in [0.05, 0.1) is 5.38 Å². The number of rotatable bonds is 2. The van der Waals surface area contributed by atoms with E-state index in [9.17, 15) is 9.59 Å². The fourth-order valence-corrected chi connectivity index (χ4v) is 1.89. The molecule has 0 radical (unpaired) electrons. The van der Waals surface area contributed by atoms with Crippen molar-refractivity contribution in [2.45, 2.75) is 18.8 Å². The van der Waals surface area contributed by atoms with Crippen molar-refractivity contribution in [2.75, 3.05) is 12.4 Å². The zero-order valence-electron chi connectivity index (χ0n) is 9.66. The van der Waals surface area contributed by atoms with Crippen molar-refractivity contribution >= 4 is 29.1 Å². The van der Waals surface area contributed by atoms with E-state index in [-0.39, 0.29) is 11.8 Å². The van der Waals surface area contributed by atoms with Gasteiger partial charge in [-0.05, 0) is 30.7 Å². The maximum Gasteiger partial charge on any atom is 0.321 e. The number of nitrogens with one attached hydrogen (secondary N) is 1. The average molecular weight is 253 g/mol. The Morgan fingerprint density at radius 3 is 2.88 bits per heavy atom. The van der Waals surface area contributed by atoms with Crippen LogP contribution in [0.2, 0.25) is 0 Å². The summed E-state index contributed by atoms with van der Waals surface area (Å²) in [5.41, 5.74) is 2.26. The molecule has 1 heterocycles. The highest BCUT2D eigenvalue weighted by molar-refractivity contribution is 6.33. The maximum atomic E-state index is 11.7. The molecule has 17 heavy (non-hydrogen) atoms. The van der Waals surface area contributed by atoms with E-state index < -0.39 is 5.38 Å². The van der Waals surface area contributed by atoms with Gasteiger partial charge in [-0.25, -0.2) is 4.79 Å². The molecule has 1 aliphatic rings. The van der Waals surface area contributed by atoms with E-state index >= 15 is 0 Å². The van der Waals surface area contributed by atoms with Gasteiger partial charge in [0.1, 0.15) is 0 Å². The molecule has 0 aromatic heterocycles. The van der Waals surface area contributed by atoms with Gasteiger partial charge in [-0.1, -0.05) is 0 Å². The van der Waals surface area contributed by atoms with Gasteiger partial charge in [-0.2, -0.15) is 0 Å². The molecule has 0 aliphatic carbocycles. The highest BCUT2D eigenvalue weighted by Crippen LogP contribution is 2.24.